The number of hydrogen-bond donors (Lipinski definition) is 1. The number of rotatable bonds is 5. The van der Waals surface area contributed by atoms with Gasteiger partial charge in [0.2, 0.25) is 4.77 Å². The Hall–Kier alpha value is -3.25. The molecular formula is C22H20N4OS. The Balaban J connectivity index is 1.60. The Bertz CT molecular complexity index is 1220. The first kappa shape index (κ1) is 18.1. The monoisotopic (exact) mass is 388 g/mol. The molecule has 0 aliphatic heterocycles. The van der Waals surface area contributed by atoms with Gasteiger partial charge in [-0.15, -0.1) is 0 Å². The van der Waals surface area contributed by atoms with Gasteiger partial charge in [0.1, 0.15) is 12.4 Å². The van der Waals surface area contributed by atoms with Crippen molar-refractivity contribution in [1.29, 1.82) is 0 Å². The second-order valence-corrected chi connectivity index (χ2v) is 7.01. The molecule has 5 nitrogen and oxygen atoms in total. The van der Waals surface area contributed by atoms with E-state index in [0.717, 1.165) is 22.3 Å². The molecule has 0 aliphatic carbocycles. The predicted octanol–water partition coefficient (Wildman–Crippen LogP) is 5.17. The summed E-state index contributed by atoms with van der Waals surface area (Å²) >= 11 is 5.33. The molecule has 0 radical (unpaired) electrons. The Kier molecular flexibility index (Phi) is 5.04. The maximum Gasteiger partial charge on any atom is 0.216 e. The van der Waals surface area contributed by atoms with Gasteiger partial charge in [-0.25, -0.2) is 5.10 Å². The van der Waals surface area contributed by atoms with Crippen LogP contribution >= 0.6 is 12.2 Å². The Morgan fingerprint density at radius 3 is 2.79 bits per heavy atom. The molecule has 0 bridgehead atoms. The molecule has 0 spiro atoms. The van der Waals surface area contributed by atoms with Crippen LogP contribution in [0.5, 0.6) is 5.75 Å². The van der Waals surface area contributed by atoms with Crippen LogP contribution in [-0.2, 0) is 6.61 Å². The summed E-state index contributed by atoms with van der Waals surface area (Å²) in [5.41, 5.74) is 3.30. The van der Waals surface area contributed by atoms with Gasteiger partial charge in [-0.2, -0.15) is 14.9 Å². The number of benzene rings is 3. The quantitative estimate of drug-likeness (QED) is 0.379. The topological polar surface area (TPSA) is 55.2 Å². The van der Waals surface area contributed by atoms with Gasteiger partial charge in [-0.05, 0) is 48.5 Å². The molecule has 0 saturated heterocycles. The number of H-pyrrole nitrogens is 1. The number of ether oxygens (including phenoxy) is 1. The minimum atomic E-state index is 0.268. The summed E-state index contributed by atoms with van der Waals surface area (Å²) in [6, 6.07) is 20.4. The lowest BCUT2D eigenvalue weighted by Gasteiger charge is -2.09. The number of hydrogen-bond acceptors (Lipinski definition) is 4. The first-order valence-electron chi connectivity index (χ1n) is 9.00. The van der Waals surface area contributed by atoms with Crippen LogP contribution in [0.15, 0.2) is 65.8 Å². The zero-order chi connectivity index (χ0) is 19.5. The smallest absolute Gasteiger partial charge is 0.216 e. The zero-order valence-corrected chi connectivity index (χ0v) is 16.5. The van der Waals surface area contributed by atoms with Crippen molar-refractivity contribution >= 4 is 29.2 Å². The lowest BCUT2D eigenvalue weighted by Crippen LogP contribution is -2.05. The van der Waals surface area contributed by atoms with E-state index in [-0.39, 0.29) is 6.61 Å². The van der Waals surface area contributed by atoms with E-state index in [0.29, 0.717) is 10.6 Å². The number of fused-ring (bicyclic) bond motifs is 1. The van der Waals surface area contributed by atoms with E-state index in [1.807, 2.05) is 43.3 Å². The number of nitrogens with one attached hydrogen (secondary N) is 1. The van der Waals surface area contributed by atoms with Crippen LogP contribution in [0.25, 0.3) is 10.8 Å². The van der Waals surface area contributed by atoms with Crippen LogP contribution in [-0.4, -0.2) is 21.1 Å². The van der Waals surface area contributed by atoms with Crippen LogP contribution < -0.4 is 4.74 Å². The third-order valence-electron chi connectivity index (χ3n) is 4.54. The van der Waals surface area contributed by atoms with E-state index in [9.17, 15) is 0 Å². The third-order valence-corrected chi connectivity index (χ3v) is 4.80. The summed E-state index contributed by atoms with van der Waals surface area (Å²) in [5, 5.41) is 13.9. The van der Waals surface area contributed by atoms with Gasteiger partial charge in [0.05, 0.1) is 6.21 Å². The van der Waals surface area contributed by atoms with E-state index < -0.39 is 0 Å². The van der Waals surface area contributed by atoms with Crippen molar-refractivity contribution in [1.82, 2.24) is 14.9 Å². The molecule has 0 atom stereocenters. The van der Waals surface area contributed by atoms with Crippen LogP contribution in [0.2, 0.25) is 0 Å². The van der Waals surface area contributed by atoms with E-state index in [2.05, 4.69) is 46.5 Å². The molecule has 1 N–H and O–H groups in total. The molecule has 0 fully saturated rings. The van der Waals surface area contributed by atoms with Crippen molar-refractivity contribution in [2.75, 3.05) is 0 Å². The third kappa shape index (κ3) is 3.73. The number of aromatic amines is 1. The lowest BCUT2D eigenvalue weighted by molar-refractivity contribution is 0.288. The lowest BCUT2D eigenvalue weighted by atomic mass is 10.1. The Labute approximate surface area is 168 Å². The highest BCUT2D eigenvalue weighted by Crippen LogP contribution is 2.20. The molecule has 1 heterocycles. The summed E-state index contributed by atoms with van der Waals surface area (Å²) in [5.74, 6) is 1.44. The molecule has 0 amide bonds. The van der Waals surface area contributed by atoms with Crippen molar-refractivity contribution in [2.45, 2.75) is 20.5 Å². The molecule has 4 rings (SSSR count). The minimum absolute atomic E-state index is 0.268. The van der Waals surface area contributed by atoms with Gasteiger partial charge in [0.15, 0.2) is 5.82 Å². The number of aryl methyl sites for hydroxylation is 2. The van der Waals surface area contributed by atoms with Gasteiger partial charge < -0.3 is 4.74 Å². The van der Waals surface area contributed by atoms with Crippen molar-refractivity contribution in [2.24, 2.45) is 5.10 Å². The van der Waals surface area contributed by atoms with E-state index >= 15 is 0 Å². The largest absolute Gasteiger partial charge is 0.485 e. The van der Waals surface area contributed by atoms with Crippen LogP contribution in [0, 0.1) is 18.6 Å². The molecule has 0 aliphatic rings. The van der Waals surface area contributed by atoms with Crippen molar-refractivity contribution in [3.8, 4) is 5.75 Å². The predicted molar refractivity (Wildman–Crippen MR) is 115 cm³/mol. The van der Waals surface area contributed by atoms with Crippen LogP contribution in [0.4, 0.5) is 0 Å². The Morgan fingerprint density at radius 2 is 1.93 bits per heavy atom. The van der Waals surface area contributed by atoms with Gasteiger partial charge in [-0.1, -0.05) is 60.2 Å². The summed E-state index contributed by atoms with van der Waals surface area (Å²) in [7, 11) is 0. The fraction of sp³-hybridized carbons (Fsp3) is 0.136. The van der Waals surface area contributed by atoms with Crippen molar-refractivity contribution in [3.05, 3.63) is 87.9 Å². The SMILES string of the molecule is Cc1ccc(OCc2n[nH]c(=S)n2/N=C\c2cccc3ccccc23)c(C)c1. The van der Waals surface area contributed by atoms with Crippen LogP contribution in [0.3, 0.4) is 0 Å². The van der Waals surface area contributed by atoms with E-state index in [1.54, 1.807) is 10.9 Å². The van der Waals surface area contributed by atoms with Crippen molar-refractivity contribution < 1.29 is 4.74 Å². The first-order chi connectivity index (χ1) is 13.6. The maximum atomic E-state index is 5.93. The normalized spacial score (nSPS) is 11.4. The standard InChI is InChI=1S/C22H20N4OS/c1-15-10-11-20(16(2)12-15)27-14-21-24-25-22(28)26(21)23-13-18-8-5-7-17-6-3-4-9-19(17)18/h3-13H,14H2,1-2H3,(H,25,28)/b23-13-. The maximum absolute atomic E-state index is 5.93. The highest BCUT2D eigenvalue weighted by atomic mass is 32.1. The molecule has 28 heavy (non-hydrogen) atoms. The zero-order valence-electron chi connectivity index (χ0n) is 15.7. The average Bonchev–Trinajstić information content (AvgIpc) is 3.05. The van der Waals surface area contributed by atoms with E-state index in [4.69, 9.17) is 17.0 Å². The fourth-order valence-electron chi connectivity index (χ4n) is 3.12. The highest BCUT2D eigenvalue weighted by Gasteiger charge is 2.08. The molecular weight excluding hydrogens is 368 g/mol. The van der Waals surface area contributed by atoms with Gasteiger partial charge in [0, 0.05) is 5.56 Å². The van der Waals surface area contributed by atoms with Crippen LogP contribution in [0.1, 0.15) is 22.5 Å². The number of aromatic nitrogens is 3. The molecule has 0 saturated carbocycles. The first-order valence-corrected chi connectivity index (χ1v) is 9.41. The van der Waals surface area contributed by atoms with Gasteiger partial charge in [-0.3, -0.25) is 0 Å². The molecule has 140 valence electrons. The fourth-order valence-corrected chi connectivity index (χ4v) is 3.32. The molecule has 1 aromatic heterocycles. The summed E-state index contributed by atoms with van der Waals surface area (Å²) in [4.78, 5) is 0. The average molecular weight is 388 g/mol. The second kappa shape index (κ2) is 7.78. The summed E-state index contributed by atoms with van der Waals surface area (Å²) in [6.07, 6.45) is 1.80. The van der Waals surface area contributed by atoms with Crippen molar-refractivity contribution in [3.63, 3.8) is 0 Å². The van der Waals surface area contributed by atoms with E-state index in [1.165, 1.54) is 10.9 Å². The summed E-state index contributed by atoms with van der Waals surface area (Å²) < 4.78 is 7.96. The van der Waals surface area contributed by atoms with Gasteiger partial charge >= 0.3 is 0 Å². The minimum Gasteiger partial charge on any atom is -0.485 e. The molecule has 0 unspecified atom stereocenters. The Morgan fingerprint density at radius 1 is 1.11 bits per heavy atom. The molecule has 6 heteroatoms. The highest BCUT2D eigenvalue weighted by molar-refractivity contribution is 7.71. The second-order valence-electron chi connectivity index (χ2n) is 6.63. The van der Waals surface area contributed by atoms with Gasteiger partial charge in [0.25, 0.3) is 0 Å². The summed E-state index contributed by atoms with van der Waals surface area (Å²) in [6.45, 7) is 4.35. The molecule has 4 aromatic rings. The molecule has 3 aromatic carbocycles. The number of nitrogens with zero attached hydrogens (tertiary/aromatic N) is 3.